The molecule has 3 heterocycles. The van der Waals surface area contributed by atoms with Crippen LogP contribution < -0.4 is 5.32 Å². The summed E-state index contributed by atoms with van der Waals surface area (Å²) >= 11 is 5.97. The minimum Gasteiger partial charge on any atom is -0.459 e. The molecule has 2 amide bonds. The topological polar surface area (TPSA) is 65.8 Å². The number of anilines is 1. The van der Waals surface area contributed by atoms with Crippen LogP contribution in [0, 0.1) is 0 Å². The third kappa shape index (κ3) is 3.00. The SMILES string of the molecule is O=C1Nc2cc(Cl)ccc2/C1=C\N1CCN(C(=O)c2ccco2)CC1. The van der Waals surface area contributed by atoms with Crippen LogP contribution in [0.5, 0.6) is 0 Å². The number of carbonyl (C=O) groups is 2. The Hall–Kier alpha value is -2.73. The Balaban J connectivity index is 1.46. The number of benzene rings is 1. The zero-order valence-corrected chi connectivity index (χ0v) is 14.1. The number of furan rings is 1. The third-order valence-corrected chi connectivity index (χ3v) is 4.64. The summed E-state index contributed by atoms with van der Waals surface area (Å²) in [5.74, 6) is 0.120. The smallest absolute Gasteiger partial charge is 0.289 e. The van der Waals surface area contributed by atoms with Crippen LogP contribution in [0.2, 0.25) is 5.02 Å². The molecule has 128 valence electrons. The van der Waals surface area contributed by atoms with Gasteiger partial charge in [0.15, 0.2) is 5.76 Å². The number of rotatable bonds is 2. The summed E-state index contributed by atoms with van der Waals surface area (Å²) in [6.45, 7) is 2.48. The van der Waals surface area contributed by atoms with Gasteiger partial charge in [-0.1, -0.05) is 17.7 Å². The van der Waals surface area contributed by atoms with Crippen molar-refractivity contribution in [1.29, 1.82) is 0 Å². The van der Waals surface area contributed by atoms with E-state index in [9.17, 15) is 9.59 Å². The molecule has 2 aromatic rings. The van der Waals surface area contributed by atoms with E-state index in [1.54, 1.807) is 29.2 Å². The number of nitrogens with one attached hydrogen (secondary N) is 1. The Morgan fingerprint density at radius 3 is 2.72 bits per heavy atom. The Kier molecular flexibility index (Phi) is 3.97. The lowest BCUT2D eigenvalue weighted by molar-refractivity contribution is -0.110. The van der Waals surface area contributed by atoms with Gasteiger partial charge in [0.25, 0.3) is 11.8 Å². The van der Waals surface area contributed by atoms with Gasteiger partial charge < -0.3 is 19.5 Å². The van der Waals surface area contributed by atoms with Crippen molar-refractivity contribution in [2.24, 2.45) is 0 Å². The van der Waals surface area contributed by atoms with Gasteiger partial charge in [-0.25, -0.2) is 0 Å². The van der Waals surface area contributed by atoms with Crippen molar-refractivity contribution in [3.05, 3.63) is 59.1 Å². The highest BCUT2D eigenvalue weighted by Gasteiger charge is 2.27. The van der Waals surface area contributed by atoms with E-state index in [1.807, 2.05) is 12.3 Å². The van der Waals surface area contributed by atoms with Crippen molar-refractivity contribution in [2.45, 2.75) is 0 Å². The number of halogens is 1. The molecule has 1 saturated heterocycles. The highest BCUT2D eigenvalue weighted by molar-refractivity contribution is 6.34. The van der Waals surface area contributed by atoms with Gasteiger partial charge >= 0.3 is 0 Å². The number of fused-ring (bicyclic) bond motifs is 1. The summed E-state index contributed by atoms with van der Waals surface area (Å²) in [6.07, 6.45) is 3.36. The van der Waals surface area contributed by atoms with Crippen molar-refractivity contribution in [3.63, 3.8) is 0 Å². The van der Waals surface area contributed by atoms with Crippen LogP contribution in [-0.2, 0) is 4.79 Å². The van der Waals surface area contributed by atoms with Crippen LogP contribution >= 0.6 is 11.6 Å². The standard InChI is InChI=1S/C18H16ClN3O3/c19-12-3-4-13-14(17(23)20-15(13)10-12)11-21-5-7-22(8-6-21)18(24)16-2-1-9-25-16/h1-4,9-11H,5-8H2,(H,20,23)/b14-11+. The van der Waals surface area contributed by atoms with E-state index in [0.29, 0.717) is 42.5 Å². The van der Waals surface area contributed by atoms with Gasteiger partial charge in [0.1, 0.15) is 0 Å². The molecular formula is C18H16ClN3O3. The van der Waals surface area contributed by atoms with Gasteiger partial charge in [-0.3, -0.25) is 9.59 Å². The van der Waals surface area contributed by atoms with E-state index in [2.05, 4.69) is 10.2 Å². The molecule has 4 rings (SSSR count). The van der Waals surface area contributed by atoms with Gasteiger partial charge in [-0.2, -0.15) is 0 Å². The fourth-order valence-electron chi connectivity index (χ4n) is 3.09. The number of piperazine rings is 1. The number of carbonyl (C=O) groups excluding carboxylic acids is 2. The molecule has 25 heavy (non-hydrogen) atoms. The lowest BCUT2D eigenvalue weighted by Crippen LogP contribution is -2.46. The highest BCUT2D eigenvalue weighted by Crippen LogP contribution is 2.34. The quantitative estimate of drug-likeness (QED) is 0.839. The molecule has 1 aromatic heterocycles. The summed E-state index contributed by atoms with van der Waals surface area (Å²) in [5, 5.41) is 3.42. The van der Waals surface area contributed by atoms with Gasteiger partial charge in [0, 0.05) is 43.0 Å². The van der Waals surface area contributed by atoms with Crippen molar-refractivity contribution in [2.75, 3.05) is 31.5 Å². The van der Waals surface area contributed by atoms with Gasteiger partial charge in [-0.05, 0) is 24.3 Å². The third-order valence-electron chi connectivity index (χ3n) is 4.41. The highest BCUT2D eigenvalue weighted by atomic mass is 35.5. The molecule has 0 saturated carbocycles. The summed E-state index contributed by atoms with van der Waals surface area (Å²) in [7, 11) is 0. The van der Waals surface area contributed by atoms with Gasteiger partial charge in [-0.15, -0.1) is 0 Å². The molecule has 1 aromatic carbocycles. The number of hydrogen-bond acceptors (Lipinski definition) is 4. The summed E-state index contributed by atoms with van der Waals surface area (Å²) in [4.78, 5) is 28.3. The molecule has 2 aliphatic heterocycles. The maximum Gasteiger partial charge on any atom is 0.289 e. The molecule has 0 atom stereocenters. The first-order chi connectivity index (χ1) is 12.1. The molecule has 7 heteroatoms. The normalized spacial score (nSPS) is 18.4. The van der Waals surface area contributed by atoms with Crippen molar-refractivity contribution in [3.8, 4) is 0 Å². The zero-order chi connectivity index (χ0) is 17.4. The maximum atomic E-state index is 12.3. The number of nitrogens with zero attached hydrogens (tertiary/aromatic N) is 2. The Bertz CT molecular complexity index is 852. The van der Waals surface area contributed by atoms with Crippen LogP contribution in [0.25, 0.3) is 5.57 Å². The average molecular weight is 358 g/mol. The van der Waals surface area contributed by atoms with Crippen LogP contribution in [0.1, 0.15) is 16.1 Å². The van der Waals surface area contributed by atoms with Gasteiger partial charge in [0.05, 0.1) is 17.5 Å². The van der Waals surface area contributed by atoms with Crippen LogP contribution in [-0.4, -0.2) is 47.8 Å². The van der Waals surface area contributed by atoms with Crippen molar-refractivity contribution >= 4 is 34.7 Å². The lowest BCUT2D eigenvalue weighted by Gasteiger charge is -2.33. The first-order valence-electron chi connectivity index (χ1n) is 8.02. The number of hydrogen-bond donors (Lipinski definition) is 1. The minimum absolute atomic E-state index is 0.101. The molecule has 6 nitrogen and oxygen atoms in total. The van der Waals surface area contributed by atoms with Crippen molar-refractivity contribution < 1.29 is 14.0 Å². The first-order valence-corrected chi connectivity index (χ1v) is 8.39. The fraction of sp³-hybridized carbons (Fsp3) is 0.222. The molecule has 0 bridgehead atoms. The molecule has 1 N–H and O–H groups in total. The van der Waals surface area contributed by atoms with Crippen LogP contribution in [0.15, 0.2) is 47.2 Å². The van der Waals surface area contributed by atoms with Crippen LogP contribution in [0.4, 0.5) is 5.69 Å². The van der Waals surface area contributed by atoms with Crippen LogP contribution in [0.3, 0.4) is 0 Å². The predicted molar refractivity (Wildman–Crippen MR) is 94.2 cm³/mol. The zero-order valence-electron chi connectivity index (χ0n) is 13.4. The Morgan fingerprint density at radius 2 is 2.00 bits per heavy atom. The fourth-order valence-corrected chi connectivity index (χ4v) is 3.26. The Morgan fingerprint density at radius 1 is 1.20 bits per heavy atom. The Labute approximate surface area is 149 Å². The minimum atomic E-state index is -0.133. The second-order valence-corrected chi connectivity index (χ2v) is 6.43. The van der Waals surface area contributed by atoms with E-state index in [4.69, 9.17) is 16.0 Å². The molecule has 0 spiro atoms. The number of amides is 2. The molecule has 1 fully saturated rings. The van der Waals surface area contributed by atoms with E-state index >= 15 is 0 Å². The largest absolute Gasteiger partial charge is 0.459 e. The molecular weight excluding hydrogens is 342 g/mol. The summed E-state index contributed by atoms with van der Waals surface area (Å²) in [5.41, 5.74) is 2.20. The van der Waals surface area contributed by atoms with Gasteiger partial charge in [0.2, 0.25) is 0 Å². The lowest BCUT2D eigenvalue weighted by atomic mass is 10.1. The molecule has 2 aliphatic rings. The van der Waals surface area contributed by atoms with E-state index in [0.717, 1.165) is 11.3 Å². The monoisotopic (exact) mass is 357 g/mol. The maximum absolute atomic E-state index is 12.3. The van der Waals surface area contributed by atoms with E-state index in [1.165, 1.54) is 6.26 Å². The second kappa shape index (κ2) is 6.29. The van der Waals surface area contributed by atoms with Crippen molar-refractivity contribution in [1.82, 2.24) is 9.80 Å². The second-order valence-electron chi connectivity index (χ2n) is 5.99. The molecule has 0 aliphatic carbocycles. The van der Waals surface area contributed by atoms with E-state index in [-0.39, 0.29) is 11.8 Å². The predicted octanol–water partition coefficient (Wildman–Crippen LogP) is 2.68. The average Bonchev–Trinajstić information content (AvgIpc) is 3.24. The summed E-state index contributed by atoms with van der Waals surface area (Å²) < 4.78 is 5.17. The first kappa shape index (κ1) is 15.8. The molecule has 0 radical (unpaired) electrons. The van der Waals surface area contributed by atoms with E-state index < -0.39 is 0 Å². The summed E-state index contributed by atoms with van der Waals surface area (Å²) in [6, 6.07) is 8.74. The molecule has 0 unspecified atom stereocenters.